The van der Waals surface area contributed by atoms with E-state index in [1.807, 2.05) is 0 Å². The number of rotatable bonds is 3. The minimum atomic E-state index is -1.27. The van der Waals surface area contributed by atoms with Gasteiger partial charge in [0, 0.05) is 33.0 Å². The minimum absolute atomic E-state index is 0.0516. The van der Waals surface area contributed by atoms with E-state index in [0.29, 0.717) is 25.1 Å². The van der Waals surface area contributed by atoms with E-state index in [0.717, 1.165) is 0 Å². The molecule has 130 valence electrons. The fourth-order valence-corrected chi connectivity index (χ4v) is 3.35. The number of likely N-dealkylation sites (N-methyl/N-ethyl adjacent to an activating group) is 1. The molecule has 6 nitrogen and oxygen atoms in total. The molecule has 25 heavy (non-hydrogen) atoms. The molecule has 1 saturated heterocycles. The zero-order valence-corrected chi connectivity index (χ0v) is 14.1. The monoisotopic (exact) mass is 342 g/mol. The molecule has 2 heterocycles. The third kappa shape index (κ3) is 2.75. The molecule has 0 radical (unpaired) electrons. The van der Waals surface area contributed by atoms with Crippen molar-refractivity contribution in [3.8, 4) is 0 Å². The van der Waals surface area contributed by atoms with Gasteiger partial charge < -0.3 is 9.80 Å². The van der Waals surface area contributed by atoms with E-state index < -0.39 is 17.3 Å². The van der Waals surface area contributed by atoms with E-state index in [9.17, 15) is 14.0 Å². The van der Waals surface area contributed by atoms with Crippen LogP contribution in [-0.4, -0.2) is 52.2 Å². The Hall–Kier alpha value is -2.83. The lowest BCUT2D eigenvalue weighted by Crippen LogP contribution is -2.55. The quantitative estimate of drug-likeness (QED) is 0.854. The lowest BCUT2D eigenvalue weighted by Gasteiger charge is -2.38. The van der Waals surface area contributed by atoms with E-state index in [1.54, 1.807) is 20.2 Å². The Kier molecular flexibility index (Phi) is 4.48. The molecule has 1 aromatic carbocycles. The molecule has 3 rings (SSSR count). The van der Waals surface area contributed by atoms with Crippen LogP contribution < -0.4 is 0 Å². The second-order valence-corrected chi connectivity index (χ2v) is 6.19. The molecule has 2 aromatic rings. The van der Waals surface area contributed by atoms with Crippen molar-refractivity contribution in [1.82, 2.24) is 19.8 Å². The fraction of sp³-hybridized carbons (Fsp3) is 0.333. The fourth-order valence-electron chi connectivity index (χ4n) is 3.35. The molecule has 0 N–H and O–H groups in total. The summed E-state index contributed by atoms with van der Waals surface area (Å²) in [5.41, 5.74) is -0.919. The number of hydrogen-bond acceptors (Lipinski definition) is 4. The largest absolute Gasteiger partial charge is 0.346 e. The van der Waals surface area contributed by atoms with Crippen molar-refractivity contribution >= 4 is 11.8 Å². The van der Waals surface area contributed by atoms with Gasteiger partial charge >= 0.3 is 0 Å². The van der Waals surface area contributed by atoms with Crippen molar-refractivity contribution in [3.05, 3.63) is 59.9 Å². The molecule has 0 unspecified atom stereocenters. The average Bonchev–Trinajstić information content (AvgIpc) is 3.07. The Balaban J connectivity index is 2.13. The van der Waals surface area contributed by atoms with Crippen molar-refractivity contribution in [3.63, 3.8) is 0 Å². The predicted molar refractivity (Wildman–Crippen MR) is 89.1 cm³/mol. The highest BCUT2D eigenvalue weighted by molar-refractivity contribution is 6.00. The Morgan fingerprint density at radius 1 is 1.24 bits per heavy atom. The van der Waals surface area contributed by atoms with E-state index in [-0.39, 0.29) is 11.5 Å². The second-order valence-electron chi connectivity index (χ2n) is 6.19. The summed E-state index contributed by atoms with van der Waals surface area (Å²) in [6.07, 6.45) is 5.53. The molecule has 1 aliphatic rings. The standard InChI is InChI=1S/C18H19FN4O2/c1-22(2)17(25)18(15-12-20-9-10-21-15)8-5-11-23(18)16(24)13-6-3-4-7-14(13)19/h3-4,6-7,9-10,12H,5,8,11H2,1-2H3/t18-/m0/s1. The van der Waals surface area contributed by atoms with Crippen LogP contribution in [0.5, 0.6) is 0 Å². The third-order valence-corrected chi connectivity index (χ3v) is 4.48. The molecule has 0 saturated carbocycles. The van der Waals surface area contributed by atoms with Gasteiger partial charge in [0.05, 0.1) is 17.5 Å². The lowest BCUT2D eigenvalue weighted by molar-refractivity contribution is -0.140. The van der Waals surface area contributed by atoms with Crippen molar-refractivity contribution in [2.45, 2.75) is 18.4 Å². The number of carbonyl (C=O) groups excluding carboxylic acids is 2. The summed E-state index contributed by atoms with van der Waals surface area (Å²) >= 11 is 0. The highest BCUT2D eigenvalue weighted by atomic mass is 19.1. The minimum Gasteiger partial charge on any atom is -0.346 e. The highest BCUT2D eigenvalue weighted by Gasteiger charge is 2.53. The molecule has 1 fully saturated rings. The van der Waals surface area contributed by atoms with Crippen LogP contribution in [0, 0.1) is 5.82 Å². The number of benzene rings is 1. The summed E-state index contributed by atoms with van der Waals surface area (Å²) in [7, 11) is 3.26. The van der Waals surface area contributed by atoms with Crippen LogP contribution in [0.1, 0.15) is 28.9 Å². The molecular weight excluding hydrogens is 323 g/mol. The zero-order chi connectivity index (χ0) is 18.0. The highest BCUT2D eigenvalue weighted by Crippen LogP contribution is 2.40. The molecule has 2 amide bonds. The SMILES string of the molecule is CN(C)C(=O)[C@@]1(c2cnccn2)CCCN1C(=O)c1ccccc1F. The van der Waals surface area contributed by atoms with Gasteiger partial charge in [-0.05, 0) is 25.0 Å². The number of amides is 2. The van der Waals surface area contributed by atoms with E-state index >= 15 is 0 Å². The Labute approximate surface area is 145 Å². The molecular formula is C18H19FN4O2. The normalized spacial score (nSPS) is 19.7. The Bertz CT molecular complexity index is 797. The molecule has 1 aliphatic heterocycles. The first-order valence-electron chi connectivity index (χ1n) is 8.03. The summed E-state index contributed by atoms with van der Waals surface area (Å²) in [5, 5.41) is 0. The van der Waals surface area contributed by atoms with Crippen LogP contribution in [0.15, 0.2) is 42.9 Å². The second kappa shape index (κ2) is 6.58. The van der Waals surface area contributed by atoms with Crippen LogP contribution in [0.25, 0.3) is 0 Å². The van der Waals surface area contributed by atoms with Gasteiger partial charge in [0.15, 0.2) is 5.54 Å². The van der Waals surface area contributed by atoms with Gasteiger partial charge in [-0.1, -0.05) is 12.1 Å². The number of carbonyl (C=O) groups is 2. The van der Waals surface area contributed by atoms with Crippen molar-refractivity contribution in [2.75, 3.05) is 20.6 Å². The van der Waals surface area contributed by atoms with Gasteiger partial charge in [-0.2, -0.15) is 0 Å². The van der Waals surface area contributed by atoms with E-state index in [4.69, 9.17) is 0 Å². The molecule has 1 aromatic heterocycles. The first kappa shape index (κ1) is 17.0. The van der Waals surface area contributed by atoms with Crippen LogP contribution in [0.2, 0.25) is 0 Å². The zero-order valence-electron chi connectivity index (χ0n) is 14.1. The van der Waals surface area contributed by atoms with Crippen LogP contribution in [-0.2, 0) is 10.3 Å². The van der Waals surface area contributed by atoms with Crippen molar-refractivity contribution < 1.29 is 14.0 Å². The summed E-state index contributed by atoms with van der Waals surface area (Å²) in [5.74, 6) is -1.39. The van der Waals surface area contributed by atoms with Crippen molar-refractivity contribution in [1.29, 1.82) is 0 Å². The van der Waals surface area contributed by atoms with Gasteiger partial charge in [-0.25, -0.2) is 4.39 Å². The van der Waals surface area contributed by atoms with E-state index in [1.165, 1.54) is 46.6 Å². The smallest absolute Gasteiger partial charge is 0.258 e. The molecule has 0 spiro atoms. The first-order chi connectivity index (χ1) is 12.0. The molecule has 7 heteroatoms. The first-order valence-corrected chi connectivity index (χ1v) is 8.03. The van der Waals surface area contributed by atoms with Gasteiger partial charge in [-0.3, -0.25) is 19.6 Å². The van der Waals surface area contributed by atoms with Crippen molar-refractivity contribution in [2.24, 2.45) is 0 Å². The average molecular weight is 342 g/mol. The summed E-state index contributed by atoms with van der Waals surface area (Å²) in [6.45, 7) is 0.351. The number of halogens is 1. The maximum atomic E-state index is 14.1. The Morgan fingerprint density at radius 2 is 2.00 bits per heavy atom. The number of likely N-dealkylation sites (tertiary alicyclic amines) is 1. The van der Waals surface area contributed by atoms with Crippen LogP contribution in [0.4, 0.5) is 4.39 Å². The van der Waals surface area contributed by atoms with Crippen LogP contribution in [0.3, 0.4) is 0 Å². The number of nitrogens with zero attached hydrogens (tertiary/aromatic N) is 4. The molecule has 0 bridgehead atoms. The number of hydrogen-bond donors (Lipinski definition) is 0. The summed E-state index contributed by atoms with van der Waals surface area (Å²) in [4.78, 5) is 37.3. The van der Waals surface area contributed by atoms with Gasteiger partial charge in [0.2, 0.25) is 0 Å². The topological polar surface area (TPSA) is 66.4 Å². The Morgan fingerprint density at radius 3 is 2.64 bits per heavy atom. The lowest BCUT2D eigenvalue weighted by atomic mass is 9.89. The van der Waals surface area contributed by atoms with E-state index in [2.05, 4.69) is 9.97 Å². The third-order valence-electron chi connectivity index (χ3n) is 4.48. The molecule has 1 atom stereocenters. The van der Waals surface area contributed by atoms with Gasteiger partial charge in [0.1, 0.15) is 5.82 Å². The predicted octanol–water partition coefficient (Wildman–Crippen LogP) is 1.84. The maximum absolute atomic E-state index is 14.1. The summed E-state index contributed by atoms with van der Waals surface area (Å²) < 4.78 is 14.1. The van der Waals surface area contributed by atoms with Gasteiger partial charge in [-0.15, -0.1) is 0 Å². The molecule has 0 aliphatic carbocycles. The van der Waals surface area contributed by atoms with Gasteiger partial charge in [0.25, 0.3) is 11.8 Å². The van der Waals surface area contributed by atoms with Crippen LogP contribution >= 0.6 is 0 Å². The number of aromatic nitrogens is 2. The summed E-state index contributed by atoms with van der Waals surface area (Å²) in [6, 6.07) is 5.79. The maximum Gasteiger partial charge on any atom is 0.258 e.